The number of nitrogens with zero attached hydrogens (tertiary/aromatic N) is 3. The molecule has 0 aliphatic carbocycles. The number of piperidine rings is 1. The van der Waals surface area contributed by atoms with E-state index in [1.807, 2.05) is 12.1 Å². The number of pyridine rings is 1. The highest BCUT2D eigenvalue weighted by Crippen LogP contribution is 2.26. The molecule has 20 heavy (non-hydrogen) atoms. The molecule has 0 bridgehead atoms. The van der Waals surface area contributed by atoms with E-state index in [1.165, 1.54) is 0 Å². The summed E-state index contributed by atoms with van der Waals surface area (Å²) in [7, 11) is 0. The van der Waals surface area contributed by atoms with Crippen molar-refractivity contribution >= 4 is 28.3 Å². The molecule has 0 spiro atoms. The fraction of sp³-hybridized carbons (Fsp3) is 0.333. The molecule has 1 atom stereocenters. The van der Waals surface area contributed by atoms with Gasteiger partial charge in [-0.05, 0) is 37.1 Å². The van der Waals surface area contributed by atoms with Crippen LogP contribution in [0.1, 0.15) is 18.4 Å². The zero-order chi connectivity index (χ0) is 14.1. The number of hydrogen-bond acceptors (Lipinski definition) is 4. The van der Waals surface area contributed by atoms with E-state index in [-0.39, 0.29) is 6.04 Å². The number of fused-ring (bicyclic) bond motifs is 1. The molecule has 4 nitrogen and oxygen atoms in total. The van der Waals surface area contributed by atoms with E-state index >= 15 is 0 Å². The average Bonchev–Trinajstić information content (AvgIpc) is 2.46. The number of hydrogen-bond donors (Lipinski definition) is 1. The molecule has 2 heterocycles. The maximum Gasteiger partial charge on any atom is 0.130 e. The zero-order valence-corrected chi connectivity index (χ0v) is 11.8. The van der Waals surface area contributed by atoms with Gasteiger partial charge in [0, 0.05) is 29.5 Å². The van der Waals surface area contributed by atoms with Crippen molar-refractivity contribution in [1.82, 2.24) is 4.98 Å². The lowest BCUT2D eigenvalue weighted by atomic mass is 10.1. The Labute approximate surface area is 122 Å². The van der Waals surface area contributed by atoms with Crippen LogP contribution in [-0.2, 0) is 0 Å². The van der Waals surface area contributed by atoms with Gasteiger partial charge in [-0.3, -0.25) is 0 Å². The highest BCUT2D eigenvalue weighted by molar-refractivity contribution is 6.31. The lowest BCUT2D eigenvalue weighted by Gasteiger charge is -2.31. The van der Waals surface area contributed by atoms with E-state index < -0.39 is 0 Å². The Kier molecular flexibility index (Phi) is 3.47. The molecule has 5 heteroatoms. The molecule has 1 aromatic carbocycles. The molecule has 1 aliphatic rings. The van der Waals surface area contributed by atoms with Crippen molar-refractivity contribution in [2.75, 3.05) is 18.0 Å². The van der Waals surface area contributed by atoms with Gasteiger partial charge in [0.2, 0.25) is 0 Å². The quantitative estimate of drug-likeness (QED) is 0.875. The maximum absolute atomic E-state index is 9.34. The van der Waals surface area contributed by atoms with Crippen LogP contribution in [0.4, 0.5) is 5.82 Å². The van der Waals surface area contributed by atoms with Crippen LogP contribution in [-0.4, -0.2) is 24.1 Å². The maximum atomic E-state index is 9.34. The van der Waals surface area contributed by atoms with Crippen LogP contribution in [0.25, 0.3) is 10.9 Å². The van der Waals surface area contributed by atoms with Gasteiger partial charge in [0.1, 0.15) is 5.82 Å². The first-order valence-corrected chi connectivity index (χ1v) is 7.06. The summed E-state index contributed by atoms with van der Waals surface area (Å²) in [5.74, 6) is 0.825. The Morgan fingerprint density at radius 2 is 2.25 bits per heavy atom. The van der Waals surface area contributed by atoms with Crippen LogP contribution < -0.4 is 10.6 Å². The Bertz CT molecular complexity index is 692. The standard InChI is InChI=1S/C15H15ClN4/c16-11-3-4-14-13(7-11)10(8-17)6-15(19-14)20-5-1-2-12(18)9-20/h3-4,6-7,12H,1-2,5,9,18H2/t12-/m0/s1. The molecule has 0 saturated carbocycles. The summed E-state index contributed by atoms with van der Waals surface area (Å²) in [6.07, 6.45) is 2.11. The highest BCUT2D eigenvalue weighted by atomic mass is 35.5. The topological polar surface area (TPSA) is 65.9 Å². The van der Waals surface area contributed by atoms with Gasteiger partial charge >= 0.3 is 0 Å². The van der Waals surface area contributed by atoms with Gasteiger partial charge in [-0.1, -0.05) is 11.6 Å². The van der Waals surface area contributed by atoms with E-state index in [4.69, 9.17) is 17.3 Å². The molecular formula is C15H15ClN4. The molecule has 1 fully saturated rings. The number of rotatable bonds is 1. The first-order valence-electron chi connectivity index (χ1n) is 6.68. The van der Waals surface area contributed by atoms with Crippen molar-refractivity contribution in [3.63, 3.8) is 0 Å². The van der Waals surface area contributed by atoms with Crippen LogP contribution in [0.3, 0.4) is 0 Å². The average molecular weight is 287 g/mol. The van der Waals surface area contributed by atoms with Crippen LogP contribution >= 0.6 is 11.6 Å². The number of aromatic nitrogens is 1. The monoisotopic (exact) mass is 286 g/mol. The smallest absolute Gasteiger partial charge is 0.130 e. The van der Waals surface area contributed by atoms with Gasteiger partial charge in [0.25, 0.3) is 0 Å². The van der Waals surface area contributed by atoms with Gasteiger partial charge in [-0.15, -0.1) is 0 Å². The van der Waals surface area contributed by atoms with Crippen molar-refractivity contribution in [2.45, 2.75) is 18.9 Å². The van der Waals surface area contributed by atoms with Crippen LogP contribution in [0.5, 0.6) is 0 Å². The summed E-state index contributed by atoms with van der Waals surface area (Å²) < 4.78 is 0. The minimum atomic E-state index is 0.178. The van der Waals surface area contributed by atoms with Crippen molar-refractivity contribution < 1.29 is 0 Å². The van der Waals surface area contributed by atoms with E-state index in [1.54, 1.807) is 12.1 Å². The third kappa shape index (κ3) is 2.43. The predicted octanol–water partition coefficient (Wildman–Crippen LogP) is 2.69. The lowest BCUT2D eigenvalue weighted by molar-refractivity contribution is 0.503. The summed E-state index contributed by atoms with van der Waals surface area (Å²) in [4.78, 5) is 6.80. The molecule has 1 saturated heterocycles. The first-order chi connectivity index (χ1) is 9.67. The Hall–Kier alpha value is -1.83. The first kappa shape index (κ1) is 13.2. The van der Waals surface area contributed by atoms with Crippen molar-refractivity contribution in [3.8, 4) is 6.07 Å². The summed E-state index contributed by atoms with van der Waals surface area (Å²) in [5, 5.41) is 10.7. The molecule has 0 amide bonds. The van der Waals surface area contributed by atoms with Crippen LogP contribution in [0.15, 0.2) is 24.3 Å². The van der Waals surface area contributed by atoms with Crippen molar-refractivity contribution in [3.05, 3.63) is 34.9 Å². The second kappa shape index (κ2) is 5.28. The molecule has 1 aromatic heterocycles. The van der Waals surface area contributed by atoms with Crippen molar-refractivity contribution in [2.24, 2.45) is 5.73 Å². The Balaban J connectivity index is 2.09. The molecule has 0 radical (unpaired) electrons. The highest BCUT2D eigenvalue weighted by Gasteiger charge is 2.19. The van der Waals surface area contributed by atoms with Crippen LogP contribution in [0.2, 0.25) is 5.02 Å². The number of nitriles is 1. The second-order valence-corrected chi connectivity index (χ2v) is 5.59. The third-order valence-electron chi connectivity index (χ3n) is 3.66. The van der Waals surface area contributed by atoms with E-state index in [0.717, 1.165) is 42.7 Å². The van der Waals surface area contributed by atoms with Crippen molar-refractivity contribution in [1.29, 1.82) is 5.26 Å². The van der Waals surface area contributed by atoms with Gasteiger partial charge in [0.15, 0.2) is 0 Å². The van der Waals surface area contributed by atoms with Gasteiger partial charge in [0.05, 0.1) is 17.1 Å². The zero-order valence-electron chi connectivity index (χ0n) is 11.0. The third-order valence-corrected chi connectivity index (χ3v) is 3.89. The Morgan fingerprint density at radius 1 is 1.40 bits per heavy atom. The largest absolute Gasteiger partial charge is 0.355 e. The minimum absolute atomic E-state index is 0.178. The summed E-state index contributed by atoms with van der Waals surface area (Å²) in [6.45, 7) is 1.72. The summed E-state index contributed by atoms with van der Waals surface area (Å²) in [6, 6.07) is 9.67. The van der Waals surface area contributed by atoms with Gasteiger partial charge in [-0.25, -0.2) is 4.98 Å². The number of halogens is 1. The number of anilines is 1. The van der Waals surface area contributed by atoms with E-state index in [9.17, 15) is 5.26 Å². The van der Waals surface area contributed by atoms with Gasteiger partial charge in [-0.2, -0.15) is 5.26 Å². The van der Waals surface area contributed by atoms with E-state index in [2.05, 4.69) is 16.0 Å². The number of benzene rings is 1. The Morgan fingerprint density at radius 3 is 3.00 bits per heavy atom. The normalized spacial score (nSPS) is 19.1. The molecule has 102 valence electrons. The fourth-order valence-electron chi connectivity index (χ4n) is 2.66. The minimum Gasteiger partial charge on any atom is -0.355 e. The van der Waals surface area contributed by atoms with Crippen LogP contribution in [0, 0.1) is 11.3 Å². The second-order valence-electron chi connectivity index (χ2n) is 5.15. The van der Waals surface area contributed by atoms with Gasteiger partial charge < -0.3 is 10.6 Å². The molecule has 0 unspecified atom stereocenters. The lowest BCUT2D eigenvalue weighted by Crippen LogP contribution is -2.43. The van der Waals surface area contributed by atoms with E-state index in [0.29, 0.717) is 10.6 Å². The summed E-state index contributed by atoms with van der Waals surface area (Å²) in [5.41, 5.74) is 7.41. The molecule has 2 aromatic rings. The molecular weight excluding hydrogens is 272 g/mol. The molecule has 1 aliphatic heterocycles. The predicted molar refractivity (Wildman–Crippen MR) is 80.9 cm³/mol. The number of nitrogens with two attached hydrogens (primary N) is 1. The molecule has 2 N–H and O–H groups in total. The SMILES string of the molecule is N#Cc1cc(N2CCC[C@H](N)C2)nc2ccc(Cl)cc12. The molecule has 3 rings (SSSR count). The summed E-state index contributed by atoms with van der Waals surface area (Å²) >= 11 is 5.99. The fourth-order valence-corrected chi connectivity index (χ4v) is 2.83.